The standard InChI is InChI=1S/C34H26ClF4N3O7/c1-17-6-19(30(43)40-15-18-4-3-5-26(7-18)49-33(46)21-10-24(38)14-25(39)11-21)12-27(35)29(17)32(45)42-28(34(47)48-2)16-41-31(44)20-8-22(36)13-23(37)9-20/h3-14,28H,15-16H2,1-2H3,(H,40,43)(H,41,44)(H,42,45)/t28-/m0/s1. The van der Waals surface area contributed by atoms with E-state index in [9.17, 15) is 41.5 Å². The molecule has 4 rings (SSSR count). The van der Waals surface area contributed by atoms with E-state index in [1.165, 1.54) is 31.2 Å². The molecule has 1 atom stereocenters. The Labute approximate surface area is 281 Å². The van der Waals surface area contributed by atoms with E-state index in [2.05, 4.69) is 16.0 Å². The number of ether oxygens (including phenoxy) is 2. The zero-order valence-corrected chi connectivity index (χ0v) is 26.4. The molecule has 4 aromatic carbocycles. The second kappa shape index (κ2) is 15.9. The number of methoxy groups -OCH3 is 1. The molecule has 0 unspecified atom stereocenters. The third kappa shape index (κ3) is 9.64. The van der Waals surface area contributed by atoms with E-state index in [0.29, 0.717) is 17.7 Å². The number of hydrogen-bond acceptors (Lipinski definition) is 7. The largest absolute Gasteiger partial charge is 0.467 e. The average Bonchev–Trinajstić information content (AvgIpc) is 3.03. The lowest BCUT2D eigenvalue weighted by Gasteiger charge is -2.19. The maximum Gasteiger partial charge on any atom is 0.343 e. The number of rotatable bonds is 11. The van der Waals surface area contributed by atoms with Crippen LogP contribution in [-0.2, 0) is 16.1 Å². The second-order valence-electron chi connectivity index (χ2n) is 10.4. The normalized spacial score (nSPS) is 11.2. The van der Waals surface area contributed by atoms with Crippen molar-refractivity contribution in [2.24, 2.45) is 0 Å². The van der Waals surface area contributed by atoms with E-state index < -0.39 is 65.5 Å². The fourth-order valence-corrected chi connectivity index (χ4v) is 4.90. The Kier molecular flexibility index (Phi) is 11.7. The predicted molar refractivity (Wildman–Crippen MR) is 167 cm³/mol. The van der Waals surface area contributed by atoms with Crippen LogP contribution in [0.1, 0.15) is 52.6 Å². The molecule has 3 amide bonds. The van der Waals surface area contributed by atoms with Gasteiger partial charge in [-0.1, -0.05) is 23.7 Å². The van der Waals surface area contributed by atoms with Crippen LogP contribution in [0.5, 0.6) is 5.75 Å². The third-order valence-electron chi connectivity index (χ3n) is 6.82. The Morgan fingerprint density at radius 2 is 1.31 bits per heavy atom. The lowest BCUT2D eigenvalue weighted by Crippen LogP contribution is -2.49. The number of carbonyl (C=O) groups is 5. The highest BCUT2D eigenvalue weighted by Gasteiger charge is 2.26. The van der Waals surface area contributed by atoms with E-state index in [0.717, 1.165) is 31.4 Å². The number of aryl methyl sites for hydroxylation is 1. The Balaban J connectivity index is 1.39. The molecular weight excluding hydrogens is 674 g/mol. The first-order valence-electron chi connectivity index (χ1n) is 14.2. The topological polar surface area (TPSA) is 140 Å². The Morgan fingerprint density at radius 3 is 1.90 bits per heavy atom. The van der Waals surface area contributed by atoms with Crippen molar-refractivity contribution in [2.45, 2.75) is 19.5 Å². The number of hydrogen-bond donors (Lipinski definition) is 3. The van der Waals surface area contributed by atoms with Crippen LogP contribution < -0.4 is 20.7 Å². The molecule has 10 nitrogen and oxygen atoms in total. The van der Waals surface area contributed by atoms with Crippen LogP contribution >= 0.6 is 11.6 Å². The number of esters is 2. The van der Waals surface area contributed by atoms with Crippen molar-refractivity contribution in [1.29, 1.82) is 0 Å². The van der Waals surface area contributed by atoms with Crippen molar-refractivity contribution < 1.29 is 51.0 Å². The summed E-state index contributed by atoms with van der Waals surface area (Å²) in [6.45, 7) is 0.954. The maximum absolute atomic E-state index is 13.5. The van der Waals surface area contributed by atoms with Crippen LogP contribution in [0.15, 0.2) is 72.8 Å². The highest BCUT2D eigenvalue weighted by Crippen LogP contribution is 2.23. The van der Waals surface area contributed by atoms with Crippen molar-refractivity contribution in [2.75, 3.05) is 13.7 Å². The minimum atomic E-state index is -1.43. The Morgan fingerprint density at radius 1 is 0.735 bits per heavy atom. The molecule has 0 saturated heterocycles. The fraction of sp³-hybridized carbons (Fsp3) is 0.147. The summed E-state index contributed by atoms with van der Waals surface area (Å²) < 4.78 is 63.8. The van der Waals surface area contributed by atoms with Gasteiger partial charge in [-0.2, -0.15) is 0 Å². The molecule has 3 N–H and O–H groups in total. The van der Waals surface area contributed by atoms with Gasteiger partial charge in [0.2, 0.25) is 0 Å². The number of nitrogens with one attached hydrogen (secondary N) is 3. The molecule has 0 radical (unpaired) electrons. The predicted octanol–water partition coefficient (Wildman–Crippen LogP) is 5.06. The minimum Gasteiger partial charge on any atom is -0.467 e. The first kappa shape index (κ1) is 36.1. The third-order valence-corrected chi connectivity index (χ3v) is 7.12. The van der Waals surface area contributed by atoms with Gasteiger partial charge in [0.25, 0.3) is 17.7 Å². The Bertz CT molecular complexity index is 1890. The molecule has 0 bridgehead atoms. The summed E-state index contributed by atoms with van der Waals surface area (Å²) in [7, 11) is 1.05. The summed E-state index contributed by atoms with van der Waals surface area (Å²) in [5, 5.41) is 7.21. The lowest BCUT2D eigenvalue weighted by molar-refractivity contribution is -0.142. The molecule has 0 aliphatic rings. The number of benzene rings is 4. The number of carbonyl (C=O) groups excluding carboxylic acids is 5. The van der Waals surface area contributed by atoms with Crippen molar-refractivity contribution >= 4 is 41.3 Å². The maximum atomic E-state index is 13.5. The average molecular weight is 700 g/mol. The summed E-state index contributed by atoms with van der Waals surface area (Å²) in [6, 6.07) is 11.7. The molecular formula is C34H26ClF4N3O7. The van der Waals surface area contributed by atoms with Crippen LogP contribution in [0.25, 0.3) is 0 Å². The highest BCUT2D eigenvalue weighted by molar-refractivity contribution is 6.34. The van der Waals surface area contributed by atoms with E-state index in [1.807, 2.05) is 0 Å². The molecule has 4 aromatic rings. The quantitative estimate of drug-likeness (QED) is 0.113. The van der Waals surface area contributed by atoms with Crippen LogP contribution in [0.2, 0.25) is 5.02 Å². The summed E-state index contributed by atoms with van der Waals surface area (Å²) in [6.07, 6.45) is 0. The van der Waals surface area contributed by atoms with E-state index in [-0.39, 0.29) is 45.1 Å². The number of halogens is 5. The smallest absolute Gasteiger partial charge is 0.343 e. The van der Waals surface area contributed by atoms with Crippen molar-refractivity contribution in [3.05, 3.63) is 134 Å². The highest BCUT2D eigenvalue weighted by atomic mass is 35.5. The van der Waals surface area contributed by atoms with Gasteiger partial charge in [-0.3, -0.25) is 14.4 Å². The monoisotopic (exact) mass is 699 g/mol. The van der Waals surface area contributed by atoms with Crippen LogP contribution in [0.4, 0.5) is 17.6 Å². The van der Waals surface area contributed by atoms with E-state index in [1.54, 1.807) is 12.1 Å². The van der Waals surface area contributed by atoms with Crippen molar-refractivity contribution in [1.82, 2.24) is 16.0 Å². The zero-order chi connectivity index (χ0) is 35.8. The summed E-state index contributed by atoms with van der Waals surface area (Å²) >= 11 is 6.37. The Hall–Kier alpha value is -5.76. The lowest BCUT2D eigenvalue weighted by atomic mass is 10.0. The van der Waals surface area contributed by atoms with Crippen molar-refractivity contribution in [3.8, 4) is 5.75 Å². The van der Waals surface area contributed by atoms with Crippen LogP contribution in [0.3, 0.4) is 0 Å². The summed E-state index contributed by atoms with van der Waals surface area (Å²) in [5.41, 5.74) is 0.0705. The van der Waals surface area contributed by atoms with Gasteiger partial charge >= 0.3 is 11.9 Å². The van der Waals surface area contributed by atoms with Gasteiger partial charge < -0.3 is 25.4 Å². The van der Waals surface area contributed by atoms with Crippen molar-refractivity contribution in [3.63, 3.8) is 0 Å². The minimum absolute atomic E-state index is 0.0352. The SMILES string of the molecule is COC(=O)[C@H](CNC(=O)c1cc(F)cc(F)c1)NC(=O)c1c(C)cc(C(=O)NCc2cccc(OC(=O)c3cc(F)cc(F)c3)c2)cc1Cl. The molecule has 0 aliphatic heterocycles. The van der Waals surface area contributed by atoms with E-state index >= 15 is 0 Å². The molecule has 254 valence electrons. The summed E-state index contributed by atoms with van der Waals surface area (Å²) in [4.78, 5) is 63.2. The van der Waals surface area contributed by atoms with Crippen LogP contribution in [0, 0.1) is 30.2 Å². The molecule has 0 heterocycles. The van der Waals surface area contributed by atoms with Crippen LogP contribution in [-0.4, -0.2) is 49.4 Å². The molecule has 0 fully saturated rings. The molecule has 0 aromatic heterocycles. The van der Waals surface area contributed by atoms with Gasteiger partial charge in [-0.15, -0.1) is 0 Å². The molecule has 0 aliphatic carbocycles. The van der Waals surface area contributed by atoms with Gasteiger partial charge in [-0.05, 0) is 66.6 Å². The van der Waals surface area contributed by atoms with Gasteiger partial charge in [0.1, 0.15) is 35.1 Å². The van der Waals surface area contributed by atoms with Gasteiger partial charge in [0, 0.05) is 36.3 Å². The molecule has 0 saturated carbocycles. The first-order chi connectivity index (χ1) is 23.2. The summed E-state index contributed by atoms with van der Waals surface area (Å²) in [5.74, 6) is -8.07. The molecule has 0 spiro atoms. The second-order valence-corrected chi connectivity index (χ2v) is 10.9. The fourth-order valence-electron chi connectivity index (χ4n) is 4.55. The van der Waals surface area contributed by atoms with E-state index in [4.69, 9.17) is 21.1 Å². The molecule has 49 heavy (non-hydrogen) atoms. The zero-order valence-electron chi connectivity index (χ0n) is 25.7. The van der Waals surface area contributed by atoms with Gasteiger partial charge in [-0.25, -0.2) is 27.2 Å². The van der Waals surface area contributed by atoms with Gasteiger partial charge in [0.05, 0.1) is 23.3 Å². The molecule has 15 heteroatoms. The number of amides is 3. The first-order valence-corrected chi connectivity index (χ1v) is 14.6. The van der Waals surface area contributed by atoms with Gasteiger partial charge in [0.15, 0.2) is 0 Å².